The molecule has 25 nitrogen and oxygen atoms in total. The summed E-state index contributed by atoms with van der Waals surface area (Å²) >= 11 is 0. The molecule has 3 aliphatic heterocycles. The van der Waals surface area contributed by atoms with Gasteiger partial charge in [0.1, 0.15) is 36.6 Å². The van der Waals surface area contributed by atoms with Crippen molar-refractivity contribution in [2.45, 2.75) is 243 Å². The molecule has 0 aromatic carbocycles. The second-order valence-corrected chi connectivity index (χ2v) is 22.0. The monoisotopic (exact) mass is 1140 g/mol. The molecule has 3 aliphatic rings. The highest BCUT2D eigenvalue weighted by atomic mass is 16.5. The number of aliphatic hydroxyl groups is 6. The average Bonchev–Trinajstić information content (AvgIpc) is 3.50. The van der Waals surface area contributed by atoms with Gasteiger partial charge in [-0.05, 0) is 90.0 Å². The first-order valence-corrected chi connectivity index (χ1v) is 29.2. The smallest absolute Gasteiger partial charge is 0.236 e. The fraction of sp³-hybridized carbons (Fsp3) is 0.873. The summed E-state index contributed by atoms with van der Waals surface area (Å²) in [5, 5.41) is 81.8. The van der Waals surface area contributed by atoms with E-state index in [1.807, 2.05) is 27.7 Å². The highest BCUT2D eigenvalue weighted by Crippen LogP contribution is 2.30. The maximum atomic E-state index is 14.5. The molecule has 14 N–H and O–H groups in total. The van der Waals surface area contributed by atoms with Crippen LogP contribution in [0.25, 0.3) is 0 Å². The highest BCUT2D eigenvalue weighted by molar-refractivity contribution is 5.88. The number of rotatable bonds is 37. The number of unbranched alkanes of at least 4 members (excludes halogenated alkanes) is 3. The molecule has 0 saturated carbocycles. The van der Waals surface area contributed by atoms with Crippen LogP contribution in [0.4, 0.5) is 0 Å². The minimum Gasteiger partial charge on any atom is -0.388 e. The van der Waals surface area contributed by atoms with E-state index in [2.05, 4.69) is 31.9 Å². The summed E-state index contributed by atoms with van der Waals surface area (Å²) in [6.45, 7) is 13.1. The number of hydrogen-bond acceptors (Lipinski definition) is 19. The number of nitrogens with two attached hydrogens (primary N) is 1. The average molecular weight is 1150 g/mol. The second-order valence-electron chi connectivity index (χ2n) is 22.0. The molecule has 80 heavy (non-hydrogen) atoms. The van der Waals surface area contributed by atoms with E-state index < -0.39 is 127 Å². The molecule has 462 valence electrons. The highest BCUT2D eigenvalue weighted by Gasteiger charge is 2.46. The molecular formula is C55H100N8O17. The van der Waals surface area contributed by atoms with Crippen LogP contribution in [0.5, 0.6) is 0 Å². The predicted octanol–water partition coefficient (Wildman–Crippen LogP) is -1.12. The van der Waals surface area contributed by atoms with Gasteiger partial charge in [0.25, 0.3) is 0 Å². The first-order valence-electron chi connectivity index (χ1n) is 29.2. The maximum absolute atomic E-state index is 14.5. The Morgan fingerprint density at radius 3 is 1.46 bits per heavy atom. The van der Waals surface area contributed by atoms with Crippen LogP contribution >= 0.6 is 0 Å². The van der Waals surface area contributed by atoms with Crippen LogP contribution in [0.1, 0.15) is 152 Å². The lowest BCUT2D eigenvalue weighted by molar-refractivity contribution is -0.188. The Labute approximate surface area is 472 Å². The summed E-state index contributed by atoms with van der Waals surface area (Å²) in [6.07, 6.45) is -4.31. The third-order valence-electron chi connectivity index (χ3n) is 15.7. The predicted molar refractivity (Wildman–Crippen MR) is 294 cm³/mol. The normalized spacial score (nSPS) is 29.9. The van der Waals surface area contributed by atoms with E-state index in [1.54, 1.807) is 6.92 Å². The molecule has 0 aliphatic carbocycles. The minimum absolute atomic E-state index is 0.0406. The Morgan fingerprint density at radius 1 is 0.588 bits per heavy atom. The van der Waals surface area contributed by atoms with Crippen molar-refractivity contribution in [2.75, 3.05) is 46.2 Å². The summed E-state index contributed by atoms with van der Waals surface area (Å²) in [4.78, 5) is 90.9. The molecule has 0 spiro atoms. The van der Waals surface area contributed by atoms with Crippen LogP contribution in [0.15, 0.2) is 0 Å². The molecule has 6 amide bonds. The van der Waals surface area contributed by atoms with Gasteiger partial charge in [-0.15, -0.1) is 0 Å². The number of hydrogen-bond donors (Lipinski definition) is 13. The maximum Gasteiger partial charge on any atom is 0.236 e. The van der Waals surface area contributed by atoms with Crippen LogP contribution in [-0.2, 0) is 52.5 Å². The molecule has 0 radical (unpaired) electrons. The van der Waals surface area contributed by atoms with Crippen LogP contribution in [0.2, 0.25) is 0 Å². The number of ether oxygens (including phenoxy) is 4. The standard InChI is InChI=1S/C55H100N8O17/c1-9-35(25-31(5)54(56)75)55(76)59-29-58-30-77-28-36(19-13-14-20-41-45(60-32(6)64)51(72)48(69)38(10-2)78-41)37(67)27-63(24-18-16-22-43-47(62-34(8)66)53(74)50(71)40(12-4)80-43)44(68)26-57-23-17-15-21-42-46(61-33(7)65)52(73)49(70)39(11-3)79-42/h31,35-36,38-43,45-53,57-58,69-74H,9-30H2,1-8H3,(H2,56,75)(H,59,76)(H,60,64)(H,61,65)(H,62,66). The molecular weight excluding hydrogens is 1040 g/mol. The number of nitrogens with one attached hydrogen (secondary N) is 6. The number of nitrogens with zero attached hydrogens (tertiary/aromatic N) is 1. The van der Waals surface area contributed by atoms with Crippen molar-refractivity contribution >= 4 is 41.2 Å². The van der Waals surface area contributed by atoms with E-state index in [9.17, 15) is 64.2 Å². The molecule has 3 fully saturated rings. The van der Waals surface area contributed by atoms with Crippen molar-refractivity contribution in [3.05, 3.63) is 0 Å². The van der Waals surface area contributed by atoms with Crippen LogP contribution in [-0.4, -0.2) is 214 Å². The van der Waals surface area contributed by atoms with E-state index >= 15 is 0 Å². The zero-order chi connectivity index (χ0) is 59.6. The summed E-state index contributed by atoms with van der Waals surface area (Å²) in [6, 6.07) is -2.53. The zero-order valence-corrected chi connectivity index (χ0v) is 48.6. The van der Waals surface area contributed by atoms with E-state index in [4.69, 9.17) is 24.7 Å². The quantitative estimate of drug-likeness (QED) is 0.0259. The van der Waals surface area contributed by atoms with E-state index in [0.29, 0.717) is 103 Å². The number of ketones is 1. The fourth-order valence-electron chi connectivity index (χ4n) is 11.0. The lowest BCUT2D eigenvalue weighted by Gasteiger charge is -2.43. The molecule has 3 heterocycles. The molecule has 0 bridgehead atoms. The van der Waals surface area contributed by atoms with Gasteiger partial charge < -0.3 is 86.8 Å². The lowest BCUT2D eigenvalue weighted by atomic mass is 9.88. The third-order valence-corrected chi connectivity index (χ3v) is 15.7. The van der Waals surface area contributed by atoms with E-state index in [0.717, 1.165) is 0 Å². The Kier molecular flexibility index (Phi) is 32.1. The first kappa shape index (κ1) is 70.3. The largest absolute Gasteiger partial charge is 0.388 e. The number of aliphatic hydroxyl groups excluding tert-OH is 6. The van der Waals surface area contributed by atoms with Crippen molar-refractivity contribution in [3.8, 4) is 0 Å². The third kappa shape index (κ3) is 22.6. The second kappa shape index (κ2) is 36.6. The fourth-order valence-corrected chi connectivity index (χ4v) is 11.0. The molecule has 3 rings (SSSR count). The molecule has 25 heteroatoms. The summed E-state index contributed by atoms with van der Waals surface area (Å²) in [7, 11) is 0. The number of amides is 6. The molecule has 0 aromatic heterocycles. The Bertz CT molecular complexity index is 1910. The first-order chi connectivity index (χ1) is 38.0. The van der Waals surface area contributed by atoms with Gasteiger partial charge in [0.15, 0.2) is 5.78 Å². The molecule has 3 saturated heterocycles. The van der Waals surface area contributed by atoms with Crippen LogP contribution in [0, 0.1) is 17.8 Å². The number of carbonyl (C=O) groups excluding carboxylic acids is 7. The van der Waals surface area contributed by atoms with Crippen molar-refractivity contribution < 1.29 is 83.1 Å². The van der Waals surface area contributed by atoms with Crippen LogP contribution in [0.3, 0.4) is 0 Å². The minimum atomic E-state index is -1.27. The van der Waals surface area contributed by atoms with Gasteiger partial charge in [-0.25, -0.2) is 0 Å². The van der Waals surface area contributed by atoms with Gasteiger partial charge >= 0.3 is 0 Å². The van der Waals surface area contributed by atoms with E-state index in [-0.39, 0.29) is 63.1 Å². The molecule has 18 atom stereocenters. The lowest BCUT2D eigenvalue weighted by Crippen LogP contribution is -2.63. The van der Waals surface area contributed by atoms with Crippen LogP contribution < -0.4 is 37.6 Å². The number of primary amides is 1. The van der Waals surface area contributed by atoms with Crippen molar-refractivity contribution in [1.82, 2.24) is 36.8 Å². The van der Waals surface area contributed by atoms with Gasteiger partial charge in [-0.3, -0.25) is 38.9 Å². The zero-order valence-electron chi connectivity index (χ0n) is 48.6. The number of carbonyl (C=O) groups is 7. The van der Waals surface area contributed by atoms with Gasteiger partial charge in [-0.1, -0.05) is 47.5 Å². The summed E-state index contributed by atoms with van der Waals surface area (Å²) in [5.41, 5.74) is 5.42. The number of Topliss-reactive ketones (excluding diaryl/α,β-unsaturated/α-hetero) is 1. The van der Waals surface area contributed by atoms with Gasteiger partial charge in [-0.2, -0.15) is 0 Å². The Balaban J connectivity index is 1.77. The van der Waals surface area contributed by atoms with Gasteiger partial charge in [0.2, 0.25) is 35.4 Å². The topological polar surface area (TPSA) is 379 Å². The Morgan fingerprint density at radius 2 is 1.04 bits per heavy atom. The van der Waals surface area contributed by atoms with Gasteiger partial charge in [0, 0.05) is 45.1 Å². The van der Waals surface area contributed by atoms with Gasteiger partial charge in [0.05, 0.1) is 87.8 Å². The van der Waals surface area contributed by atoms with Crippen molar-refractivity contribution in [2.24, 2.45) is 23.5 Å². The summed E-state index contributed by atoms with van der Waals surface area (Å²) < 4.78 is 24.4. The van der Waals surface area contributed by atoms with Crippen molar-refractivity contribution in [3.63, 3.8) is 0 Å². The van der Waals surface area contributed by atoms with E-state index in [1.165, 1.54) is 25.7 Å². The Hall–Kier alpha value is -3.99. The summed E-state index contributed by atoms with van der Waals surface area (Å²) in [5.74, 6) is -4.16. The van der Waals surface area contributed by atoms with Crippen molar-refractivity contribution in [1.29, 1.82) is 0 Å². The SMILES string of the molecule is CCC(CC(C)C(N)=O)C(=O)NCNCOCC(CCCCC1OC(CC)C(O)C(O)C1NC(C)=O)C(=O)CN(CCCCC1OC(CC)C(O)C(O)C1NC(C)=O)C(=O)CNCCCCC1OC(CC)C(O)C(O)C1NC(C)=O. The molecule has 0 aromatic rings. The molecule has 18 unspecified atom stereocenters.